The molecular formula is C23H29N5O9. The van der Waals surface area contributed by atoms with Gasteiger partial charge in [0.15, 0.2) is 0 Å². The van der Waals surface area contributed by atoms with Gasteiger partial charge in [0, 0.05) is 29.9 Å². The van der Waals surface area contributed by atoms with Gasteiger partial charge >= 0.3 is 17.9 Å². The molecule has 1 aromatic heterocycles. The molecule has 0 saturated carbocycles. The zero-order valence-corrected chi connectivity index (χ0v) is 19.7. The van der Waals surface area contributed by atoms with E-state index in [1.54, 1.807) is 6.20 Å². The number of aromatic amines is 1. The summed E-state index contributed by atoms with van der Waals surface area (Å²) in [7, 11) is 0. The summed E-state index contributed by atoms with van der Waals surface area (Å²) in [5.74, 6) is -6.40. The van der Waals surface area contributed by atoms with Gasteiger partial charge in [0.05, 0.1) is 12.6 Å². The lowest BCUT2D eigenvalue weighted by Gasteiger charge is -2.20. The molecule has 0 saturated heterocycles. The van der Waals surface area contributed by atoms with E-state index in [4.69, 9.17) is 21.1 Å². The predicted octanol–water partition coefficient (Wildman–Crippen LogP) is -1.06. The van der Waals surface area contributed by atoms with Crippen molar-refractivity contribution in [2.75, 3.05) is 6.54 Å². The van der Waals surface area contributed by atoms with Crippen LogP contribution in [0.3, 0.4) is 0 Å². The van der Waals surface area contributed by atoms with Crippen molar-refractivity contribution in [2.24, 2.45) is 5.73 Å². The SMILES string of the molecule is NC(Cc1c[nH]c2ccccc12)C(=O)NC(CCC(=O)O)C(=O)NCC(=O)NC(CCC(=O)O)C(=O)O. The van der Waals surface area contributed by atoms with Gasteiger partial charge in [0.1, 0.15) is 12.1 Å². The van der Waals surface area contributed by atoms with Crippen molar-refractivity contribution < 1.29 is 44.1 Å². The highest BCUT2D eigenvalue weighted by molar-refractivity contribution is 5.93. The highest BCUT2D eigenvalue weighted by atomic mass is 16.4. The summed E-state index contributed by atoms with van der Waals surface area (Å²) >= 11 is 0. The molecule has 0 fully saturated rings. The van der Waals surface area contributed by atoms with Gasteiger partial charge in [-0.05, 0) is 30.9 Å². The van der Waals surface area contributed by atoms with Gasteiger partial charge in [-0.1, -0.05) is 18.2 Å². The minimum Gasteiger partial charge on any atom is -0.481 e. The molecule has 1 heterocycles. The lowest BCUT2D eigenvalue weighted by Crippen LogP contribution is -2.54. The lowest BCUT2D eigenvalue weighted by atomic mass is 10.0. The largest absolute Gasteiger partial charge is 0.481 e. The molecule has 1 aromatic carbocycles. The van der Waals surface area contributed by atoms with Crippen molar-refractivity contribution in [2.45, 2.75) is 50.2 Å². The van der Waals surface area contributed by atoms with E-state index in [1.807, 2.05) is 24.3 Å². The maximum absolute atomic E-state index is 12.7. The first-order valence-corrected chi connectivity index (χ1v) is 11.3. The van der Waals surface area contributed by atoms with Crippen LogP contribution in [0.2, 0.25) is 0 Å². The molecule has 3 amide bonds. The minimum absolute atomic E-state index is 0.137. The Morgan fingerprint density at radius 2 is 1.49 bits per heavy atom. The van der Waals surface area contributed by atoms with Crippen molar-refractivity contribution in [3.63, 3.8) is 0 Å². The molecule has 2 rings (SSSR count). The van der Waals surface area contributed by atoms with E-state index in [2.05, 4.69) is 20.9 Å². The van der Waals surface area contributed by atoms with Crippen LogP contribution < -0.4 is 21.7 Å². The molecule has 0 bridgehead atoms. The summed E-state index contributed by atoms with van der Waals surface area (Å²) in [5, 5.41) is 34.4. The zero-order chi connectivity index (χ0) is 27.5. The summed E-state index contributed by atoms with van der Waals surface area (Å²) in [5.41, 5.74) is 7.66. The molecule has 0 spiro atoms. The number of hydrogen-bond acceptors (Lipinski definition) is 7. The first kappa shape index (κ1) is 28.8. The van der Waals surface area contributed by atoms with Gasteiger partial charge in [0.2, 0.25) is 17.7 Å². The number of aromatic nitrogens is 1. The molecule has 0 aliphatic heterocycles. The summed E-state index contributed by atoms with van der Waals surface area (Å²) < 4.78 is 0. The fourth-order valence-electron chi connectivity index (χ4n) is 3.51. The second-order valence-corrected chi connectivity index (χ2v) is 8.27. The average molecular weight is 520 g/mol. The Morgan fingerprint density at radius 3 is 2.11 bits per heavy atom. The third-order valence-electron chi connectivity index (χ3n) is 5.43. The van der Waals surface area contributed by atoms with E-state index in [0.717, 1.165) is 16.5 Å². The number of carboxylic acids is 3. The van der Waals surface area contributed by atoms with Crippen molar-refractivity contribution in [1.82, 2.24) is 20.9 Å². The summed E-state index contributed by atoms with van der Waals surface area (Å²) in [6.07, 6.45) is 0.245. The van der Waals surface area contributed by atoms with Crippen LogP contribution in [0, 0.1) is 0 Å². The standard InChI is InChI=1S/C23H29N5O9/c24-14(9-12-10-25-15-4-2-1-3-13(12)15)21(34)28-16(5-7-19(30)31)22(35)26-11-18(29)27-17(23(36)37)6-8-20(32)33/h1-4,10,14,16-17,25H,5-9,11,24H2,(H,26,35)(H,27,29)(H,28,34)(H,30,31)(H,32,33)(H,36,37). The van der Waals surface area contributed by atoms with Crippen molar-refractivity contribution in [1.29, 1.82) is 0 Å². The Bertz CT molecular complexity index is 1160. The van der Waals surface area contributed by atoms with E-state index in [0.29, 0.717) is 0 Å². The van der Waals surface area contributed by atoms with Crippen molar-refractivity contribution in [3.05, 3.63) is 36.0 Å². The smallest absolute Gasteiger partial charge is 0.326 e. The third-order valence-corrected chi connectivity index (χ3v) is 5.43. The monoisotopic (exact) mass is 519 g/mol. The van der Waals surface area contributed by atoms with E-state index in [9.17, 15) is 28.8 Å². The number of nitrogens with one attached hydrogen (secondary N) is 4. The van der Waals surface area contributed by atoms with Gasteiger partial charge in [-0.15, -0.1) is 0 Å². The molecule has 0 radical (unpaired) electrons. The maximum atomic E-state index is 12.7. The van der Waals surface area contributed by atoms with Crippen LogP contribution >= 0.6 is 0 Å². The highest BCUT2D eigenvalue weighted by Crippen LogP contribution is 2.18. The highest BCUT2D eigenvalue weighted by Gasteiger charge is 2.26. The van der Waals surface area contributed by atoms with Crippen LogP contribution in [0.15, 0.2) is 30.5 Å². The van der Waals surface area contributed by atoms with E-state index in [1.165, 1.54) is 0 Å². The van der Waals surface area contributed by atoms with Crippen LogP contribution in [0.4, 0.5) is 0 Å². The Kier molecular flexibility index (Phi) is 10.6. The number of carboxylic acid groups (broad SMARTS) is 3. The van der Waals surface area contributed by atoms with Gasteiger partial charge in [-0.25, -0.2) is 4.79 Å². The number of nitrogens with two attached hydrogens (primary N) is 1. The fraction of sp³-hybridized carbons (Fsp3) is 0.391. The van der Waals surface area contributed by atoms with E-state index >= 15 is 0 Å². The van der Waals surface area contributed by atoms with Gasteiger partial charge in [-0.3, -0.25) is 24.0 Å². The molecule has 3 atom stereocenters. The number of H-pyrrole nitrogens is 1. The molecule has 37 heavy (non-hydrogen) atoms. The number of aliphatic carboxylic acids is 3. The van der Waals surface area contributed by atoms with Crippen LogP contribution in [0.5, 0.6) is 0 Å². The maximum Gasteiger partial charge on any atom is 0.326 e. The number of amides is 3. The molecular weight excluding hydrogens is 490 g/mol. The van der Waals surface area contributed by atoms with E-state index < -0.39 is 73.1 Å². The molecule has 14 heteroatoms. The van der Waals surface area contributed by atoms with Gasteiger partial charge < -0.3 is 42.0 Å². The van der Waals surface area contributed by atoms with Crippen molar-refractivity contribution >= 4 is 46.5 Å². The normalized spacial score (nSPS) is 13.2. The van der Waals surface area contributed by atoms with Crippen molar-refractivity contribution in [3.8, 4) is 0 Å². The van der Waals surface area contributed by atoms with Gasteiger partial charge in [0.25, 0.3) is 0 Å². The summed E-state index contributed by atoms with van der Waals surface area (Å²) in [4.78, 5) is 73.3. The van der Waals surface area contributed by atoms with Gasteiger partial charge in [-0.2, -0.15) is 0 Å². The van der Waals surface area contributed by atoms with Crippen LogP contribution in [0.1, 0.15) is 31.2 Å². The Morgan fingerprint density at radius 1 is 0.865 bits per heavy atom. The van der Waals surface area contributed by atoms with Crippen LogP contribution in [0.25, 0.3) is 10.9 Å². The van der Waals surface area contributed by atoms with Crippen LogP contribution in [-0.4, -0.2) is 80.6 Å². The fourth-order valence-corrected chi connectivity index (χ4v) is 3.51. The lowest BCUT2D eigenvalue weighted by molar-refractivity contribution is -0.143. The number of carbonyl (C=O) groups is 6. The number of para-hydroxylation sites is 1. The molecule has 200 valence electrons. The number of hydrogen-bond donors (Lipinski definition) is 8. The Labute approximate surface area is 210 Å². The quantitative estimate of drug-likeness (QED) is 0.142. The summed E-state index contributed by atoms with van der Waals surface area (Å²) in [6, 6.07) is 3.53. The van der Waals surface area contributed by atoms with Crippen LogP contribution in [-0.2, 0) is 35.2 Å². The molecule has 0 aliphatic rings. The topological polar surface area (TPSA) is 241 Å². The molecule has 14 nitrogen and oxygen atoms in total. The Balaban J connectivity index is 1.97. The average Bonchev–Trinajstić information content (AvgIpc) is 3.24. The minimum atomic E-state index is -1.48. The number of carbonyl (C=O) groups excluding carboxylic acids is 3. The second kappa shape index (κ2) is 13.6. The second-order valence-electron chi connectivity index (χ2n) is 8.27. The molecule has 9 N–H and O–H groups in total. The number of rotatable bonds is 15. The Hall–Kier alpha value is -4.46. The third kappa shape index (κ3) is 9.25. The first-order valence-electron chi connectivity index (χ1n) is 11.3. The molecule has 0 aliphatic carbocycles. The zero-order valence-electron chi connectivity index (χ0n) is 19.7. The molecule has 2 aromatic rings. The van der Waals surface area contributed by atoms with E-state index in [-0.39, 0.29) is 19.3 Å². The summed E-state index contributed by atoms with van der Waals surface area (Å²) in [6.45, 7) is -0.684. The number of fused-ring (bicyclic) bond motifs is 1. The molecule has 3 unspecified atom stereocenters. The number of benzene rings is 1. The first-order chi connectivity index (χ1) is 17.5. The predicted molar refractivity (Wildman–Crippen MR) is 128 cm³/mol.